The minimum Gasteiger partial charge on any atom is -0.491 e. The van der Waals surface area contributed by atoms with E-state index in [2.05, 4.69) is 17.1 Å². The van der Waals surface area contributed by atoms with Crippen molar-refractivity contribution in [3.63, 3.8) is 0 Å². The first-order valence-electron chi connectivity index (χ1n) is 8.63. The molecule has 1 aliphatic heterocycles. The van der Waals surface area contributed by atoms with Crippen LogP contribution in [0.5, 0.6) is 5.75 Å². The summed E-state index contributed by atoms with van der Waals surface area (Å²) in [6.07, 6.45) is 3.65. The zero-order valence-corrected chi connectivity index (χ0v) is 14.2. The topological polar surface area (TPSA) is 61.8 Å². The average molecular weight is 320 g/mol. The number of nitrogens with zero attached hydrogens (tertiary/aromatic N) is 1. The van der Waals surface area contributed by atoms with Crippen molar-refractivity contribution in [1.29, 1.82) is 0 Å². The molecule has 0 unspecified atom stereocenters. The van der Waals surface area contributed by atoms with Crippen LogP contribution in [0, 0.1) is 0 Å². The van der Waals surface area contributed by atoms with Crippen LogP contribution in [-0.2, 0) is 4.79 Å². The Balaban J connectivity index is 2.14. The number of amides is 1. The maximum Gasteiger partial charge on any atom is 0.224 e. The van der Waals surface area contributed by atoms with Gasteiger partial charge in [0.1, 0.15) is 5.75 Å². The molecule has 0 aromatic heterocycles. The molecule has 1 fully saturated rings. The van der Waals surface area contributed by atoms with Crippen LogP contribution in [0.25, 0.3) is 0 Å². The maximum atomic E-state index is 11.9. The molecule has 0 saturated carbocycles. The lowest BCUT2D eigenvalue weighted by molar-refractivity contribution is -0.116. The molecule has 1 aliphatic rings. The molecule has 5 nitrogen and oxygen atoms in total. The van der Waals surface area contributed by atoms with E-state index in [0.29, 0.717) is 13.0 Å². The molecule has 0 radical (unpaired) electrons. The van der Waals surface area contributed by atoms with Gasteiger partial charge in [0, 0.05) is 31.3 Å². The minimum atomic E-state index is -0.185. The normalized spacial score (nSPS) is 15.5. The van der Waals surface area contributed by atoms with E-state index in [4.69, 9.17) is 4.74 Å². The van der Waals surface area contributed by atoms with Crippen molar-refractivity contribution in [3.05, 3.63) is 18.2 Å². The Morgan fingerprint density at radius 2 is 2.04 bits per heavy atom. The molecule has 1 aromatic carbocycles. The highest BCUT2D eigenvalue weighted by Gasteiger charge is 2.18. The quantitative estimate of drug-likeness (QED) is 0.810. The fourth-order valence-electron chi connectivity index (χ4n) is 2.71. The van der Waals surface area contributed by atoms with Gasteiger partial charge in [-0.25, -0.2) is 0 Å². The third-order valence-electron chi connectivity index (χ3n) is 4.01. The largest absolute Gasteiger partial charge is 0.491 e. The van der Waals surface area contributed by atoms with Crippen LogP contribution in [0.4, 0.5) is 11.4 Å². The van der Waals surface area contributed by atoms with Crippen molar-refractivity contribution >= 4 is 17.3 Å². The van der Waals surface area contributed by atoms with E-state index >= 15 is 0 Å². The van der Waals surface area contributed by atoms with Crippen molar-refractivity contribution < 1.29 is 14.6 Å². The first-order chi connectivity index (χ1) is 11.1. The molecule has 0 aliphatic carbocycles. The summed E-state index contributed by atoms with van der Waals surface area (Å²) < 4.78 is 5.83. The van der Waals surface area contributed by atoms with Gasteiger partial charge in [-0.05, 0) is 37.8 Å². The van der Waals surface area contributed by atoms with Gasteiger partial charge in [-0.1, -0.05) is 13.8 Å². The highest BCUT2D eigenvalue weighted by atomic mass is 16.5. The Bertz CT molecular complexity index is 511. The number of hydrogen-bond acceptors (Lipinski definition) is 4. The zero-order chi connectivity index (χ0) is 16.7. The van der Waals surface area contributed by atoms with Gasteiger partial charge < -0.3 is 20.1 Å². The second kappa shape index (κ2) is 8.77. The van der Waals surface area contributed by atoms with Crippen molar-refractivity contribution in [1.82, 2.24) is 0 Å². The summed E-state index contributed by atoms with van der Waals surface area (Å²) in [5, 5.41) is 12.6. The highest BCUT2D eigenvalue weighted by molar-refractivity contribution is 5.92. The standard InChI is InChI=1S/C18H28N2O3/c1-3-5-18(22)19-16-7-6-14(13-17(16)23-12-4-2)20-10-8-15(21)9-11-20/h6-7,13,15,21H,3-5,8-12H2,1-2H3,(H,19,22). The molecule has 1 amide bonds. The number of benzene rings is 1. The van der Waals surface area contributed by atoms with Crippen LogP contribution in [0.1, 0.15) is 46.0 Å². The van der Waals surface area contributed by atoms with Crippen molar-refractivity contribution in [2.24, 2.45) is 0 Å². The summed E-state index contributed by atoms with van der Waals surface area (Å²) >= 11 is 0. The summed E-state index contributed by atoms with van der Waals surface area (Å²) in [5.41, 5.74) is 1.81. The highest BCUT2D eigenvalue weighted by Crippen LogP contribution is 2.31. The van der Waals surface area contributed by atoms with Gasteiger partial charge in [0.05, 0.1) is 18.4 Å². The molecule has 1 heterocycles. The molecule has 2 N–H and O–H groups in total. The van der Waals surface area contributed by atoms with Gasteiger partial charge in [-0.3, -0.25) is 4.79 Å². The Labute approximate surface area is 138 Å². The lowest BCUT2D eigenvalue weighted by Crippen LogP contribution is -2.35. The van der Waals surface area contributed by atoms with Gasteiger partial charge in [0.2, 0.25) is 5.91 Å². The Morgan fingerprint density at radius 1 is 1.30 bits per heavy atom. The minimum absolute atomic E-state index is 0.0164. The second-order valence-corrected chi connectivity index (χ2v) is 6.05. The number of ether oxygens (including phenoxy) is 1. The molecule has 0 spiro atoms. The predicted octanol–water partition coefficient (Wildman–Crippen LogP) is 3.18. The second-order valence-electron chi connectivity index (χ2n) is 6.05. The van der Waals surface area contributed by atoms with Gasteiger partial charge >= 0.3 is 0 Å². The lowest BCUT2D eigenvalue weighted by atomic mass is 10.1. The average Bonchev–Trinajstić information content (AvgIpc) is 2.55. The number of aliphatic hydroxyl groups is 1. The summed E-state index contributed by atoms with van der Waals surface area (Å²) in [6, 6.07) is 5.92. The Morgan fingerprint density at radius 3 is 2.70 bits per heavy atom. The van der Waals surface area contributed by atoms with Crippen LogP contribution in [-0.4, -0.2) is 36.8 Å². The third kappa shape index (κ3) is 5.13. The van der Waals surface area contributed by atoms with E-state index in [1.54, 1.807) is 0 Å². The number of carbonyl (C=O) groups is 1. The van der Waals surface area contributed by atoms with Crippen LogP contribution >= 0.6 is 0 Å². The molecular weight excluding hydrogens is 292 g/mol. The fourth-order valence-corrected chi connectivity index (χ4v) is 2.71. The smallest absolute Gasteiger partial charge is 0.224 e. The monoisotopic (exact) mass is 320 g/mol. The SMILES string of the molecule is CCCOc1cc(N2CCC(O)CC2)ccc1NC(=O)CCC. The lowest BCUT2D eigenvalue weighted by Gasteiger charge is -2.32. The summed E-state index contributed by atoms with van der Waals surface area (Å²) in [6.45, 7) is 6.36. The van der Waals surface area contributed by atoms with Crippen LogP contribution in [0.3, 0.4) is 0 Å². The van der Waals surface area contributed by atoms with E-state index < -0.39 is 0 Å². The number of rotatable bonds is 7. The van der Waals surface area contributed by atoms with E-state index in [1.165, 1.54) is 0 Å². The maximum absolute atomic E-state index is 11.9. The van der Waals surface area contributed by atoms with Gasteiger partial charge in [0.25, 0.3) is 0 Å². The molecule has 23 heavy (non-hydrogen) atoms. The number of piperidine rings is 1. The van der Waals surface area contributed by atoms with E-state index in [1.807, 2.05) is 25.1 Å². The van der Waals surface area contributed by atoms with Gasteiger partial charge in [-0.15, -0.1) is 0 Å². The van der Waals surface area contributed by atoms with Crippen LogP contribution < -0.4 is 15.0 Å². The number of hydrogen-bond donors (Lipinski definition) is 2. The molecule has 128 valence electrons. The van der Waals surface area contributed by atoms with Crippen LogP contribution in [0.15, 0.2) is 18.2 Å². The van der Waals surface area contributed by atoms with Gasteiger partial charge in [0.15, 0.2) is 0 Å². The zero-order valence-electron chi connectivity index (χ0n) is 14.2. The molecule has 1 saturated heterocycles. The Hall–Kier alpha value is -1.75. The molecule has 2 rings (SSSR count). The fraction of sp³-hybridized carbons (Fsp3) is 0.611. The molecule has 0 bridgehead atoms. The third-order valence-corrected chi connectivity index (χ3v) is 4.01. The summed E-state index contributed by atoms with van der Waals surface area (Å²) in [5.74, 6) is 0.739. The van der Waals surface area contributed by atoms with Gasteiger partial charge in [-0.2, -0.15) is 0 Å². The molecule has 1 aromatic rings. The first-order valence-corrected chi connectivity index (χ1v) is 8.63. The number of carbonyl (C=O) groups excluding carboxylic acids is 1. The summed E-state index contributed by atoms with van der Waals surface area (Å²) in [4.78, 5) is 14.1. The van der Waals surface area contributed by atoms with Crippen molar-refractivity contribution in [3.8, 4) is 5.75 Å². The van der Waals surface area contributed by atoms with Crippen molar-refractivity contribution in [2.45, 2.75) is 52.1 Å². The van der Waals surface area contributed by atoms with E-state index in [-0.39, 0.29) is 12.0 Å². The molecular formula is C18H28N2O3. The number of aliphatic hydroxyl groups excluding tert-OH is 1. The summed E-state index contributed by atoms with van der Waals surface area (Å²) in [7, 11) is 0. The van der Waals surface area contributed by atoms with E-state index in [9.17, 15) is 9.90 Å². The van der Waals surface area contributed by atoms with Crippen molar-refractivity contribution in [2.75, 3.05) is 29.9 Å². The van der Waals surface area contributed by atoms with Crippen LogP contribution in [0.2, 0.25) is 0 Å². The molecule has 5 heteroatoms. The first kappa shape index (κ1) is 17.6. The number of anilines is 2. The Kier molecular flexibility index (Phi) is 6.71. The van der Waals surface area contributed by atoms with E-state index in [0.717, 1.165) is 55.9 Å². The molecule has 0 atom stereocenters. The number of nitrogens with one attached hydrogen (secondary N) is 1. The predicted molar refractivity (Wildman–Crippen MR) is 93.2 cm³/mol.